The lowest BCUT2D eigenvalue weighted by atomic mass is 10.2. The summed E-state index contributed by atoms with van der Waals surface area (Å²) in [6, 6.07) is 10.3. The van der Waals surface area contributed by atoms with E-state index in [0.29, 0.717) is 0 Å². The van der Waals surface area contributed by atoms with Gasteiger partial charge < -0.3 is 4.74 Å². The molecule has 0 spiro atoms. The number of nitrogens with two attached hydrogens (primary N) is 1. The molecule has 10 heteroatoms. The molecule has 25 heavy (non-hydrogen) atoms. The summed E-state index contributed by atoms with van der Waals surface area (Å²) in [4.78, 5) is 1.53. The summed E-state index contributed by atoms with van der Waals surface area (Å²) in [6.45, 7) is 1.85. The number of hydrazine groups is 1. The van der Waals surface area contributed by atoms with E-state index in [1.54, 1.807) is 17.0 Å². The van der Waals surface area contributed by atoms with Crippen molar-refractivity contribution in [3.63, 3.8) is 0 Å². The minimum absolute atomic E-state index is 0.0443. The van der Waals surface area contributed by atoms with Gasteiger partial charge in [0.15, 0.2) is 0 Å². The molecule has 0 atom stereocenters. The molecule has 0 bridgehead atoms. The number of aryl methyl sites for hydroxylation is 1. The number of nitrogens with one attached hydrogen (secondary N) is 1. The molecule has 2 aromatic carbocycles. The van der Waals surface area contributed by atoms with Gasteiger partial charge in [0, 0.05) is 7.05 Å². The number of hydrogen-bond acceptors (Lipinski definition) is 6. The Kier molecular flexibility index (Phi) is 5.37. The zero-order valence-electron chi connectivity index (χ0n) is 13.9. The van der Waals surface area contributed by atoms with Gasteiger partial charge >= 0.3 is 0 Å². The van der Waals surface area contributed by atoms with Gasteiger partial charge in [-0.1, -0.05) is 17.7 Å². The molecule has 0 aliphatic carbocycles. The molecule has 0 heterocycles. The third kappa shape index (κ3) is 3.76. The van der Waals surface area contributed by atoms with E-state index in [-0.39, 0.29) is 21.2 Å². The molecule has 0 saturated carbocycles. The Morgan fingerprint density at radius 3 is 2.16 bits per heavy atom. The van der Waals surface area contributed by atoms with Gasteiger partial charge in [0.05, 0.1) is 17.7 Å². The predicted molar refractivity (Wildman–Crippen MR) is 94.3 cm³/mol. The maximum Gasteiger partial charge on any atom is 0.264 e. The first-order valence-electron chi connectivity index (χ1n) is 7.09. The molecule has 2 aromatic rings. The number of benzene rings is 2. The van der Waals surface area contributed by atoms with Crippen LogP contribution in [0.1, 0.15) is 5.56 Å². The number of rotatable bonds is 6. The van der Waals surface area contributed by atoms with E-state index in [2.05, 4.69) is 0 Å². The Morgan fingerprint density at radius 1 is 1.04 bits per heavy atom. The Labute approximate surface area is 147 Å². The quantitative estimate of drug-likeness (QED) is 0.565. The highest BCUT2D eigenvalue weighted by atomic mass is 32.2. The second-order valence-electron chi connectivity index (χ2n) is 5.24. The summed E-state index contributed by atoms with van der Waals surface area (Å²) in [5.74, 6) is 5.10. The van der Waals surface area contributed by atoms with Crippen molar-refractivity contribution >= 4 is 25.7 Å². The topological polar surface area (TPSA) is 119 Å². The summed E-state index contributed by atoms with van der Waals surface area (Å²) in [5.41, 5.74) is 1.07. The third-order valence-electron chi connectivity index (χ3n) is 3.63. The number of ether oxygens (including phenoxy) is 1. The maximum atomic E-state index is 12.7. The Bertz CT molecular complexity index is 971. The van der Waals surface area contributed by atoms with Crippen molar-refractivity contribution in [1.29, 1.82) is 0 Å². The summed E-state index contributed by atoms with van der Waals surface area (Å²) in [5, 5.41) is 0. The highest BCUT2D eigenvalue weighted by molar-refractivity contribution is 7.92. The highest BCUT2D eigenvalue weighted by Crippen LogP contribution is 2.30. The molecule has 0 unspecified atom stereocenters. The van der Waals surface area contributed by atoms with Crippen molar-refractivity contribution in [2.75, 3.05) is 18.5 Å². The first-order chi connectivity index (χ1) is 11.6. The number of methoxy groups -OCH3 is 1. The molecule has 8 nitrogen and oxygen atoms in total. The van der Waals surface area contributed by atoms with Crippen LogP contribution < -0.4 is 19.7 Å². The Balaban J connectivity index is 2.54. The molecule has 0 radical (unpaired) electrons. The summed E-state index contributed by atoms with van der Waals surface area (Å²) in [7, 11) is -5.24. The van der Waals surface area contributed by atoms with Crippen LogP contribution in [-0.2, 0) is 20.0 Å². The van der Waals surface area contributed by atoms with Crippen molar-refractivity contribution in [2.24, 2.45) is 5.84 Å². The van der Waals surface area contributed by atoms with E-state index in [1.165, 1.54) is 44.5 Å². The van der Waals surface area contributed by atoms with Crippen LogP contribution in [0.3, 0.4) is 0 Å². The number of hydrogen-bond donors (Lipinski definition) is 2. The molecule has 3 N–H and O–H groups in total. The van der Waals surface area contributed by atoms with E-state index in [9.17, 15) is 16.8 Å². The minimum Gasteiger partial charge on any atom is -0.495 e. The molecule has 2 rings (SSSR count). The molecular formula is C15H19N3O5S2. The molecule has 0 aromatic heterocycles. The average molecular weight is 385 g/mol. The van der Waals surface area contributed by atoms with Gasteiger partial charge in [0.2, 0.25) is 0 Å². The van der Waals surface area contributed by atoms with Crippen molar-refractivity contribution < 1.29 is 21.6 Å². The monoisotopic (exact) mass is 385 g/mol. The lowest BCUT2D eigenvalue weighted by Gasteiger charge is -2.21. The van der Waals surface area contributed by atoms with Crippen LogP contribution in [0.4, 0.5) is 5.69 Å². The average Bonchev–Trinajstić information content (AvgIpc) is 2.60. The van der Waals surface area contributed by atoms with E-state index >= 15 is 0 Å². The number of anilines is 1. The minimum atomic E-state index is -4.03. The Morgan fingerprint density at radius 2 is 1.64 bits per heavy atom. The van der Waals surface area contributed by atoms with Crippen LogP contribution in [0.2, 0.25) is 0 Å². The second kappa shape index (κ2) is 7.00. The van der Waals surface area contributed by atoms with Crippen LogP contribution in [0.5, 0.6) is 5.75 Å². The fourth-order valence-electron chi connectivity index (χ4n) is 2.14. The predicted octanol–water partition coefficient (Wildman–Crippen LogP) is 0.981. The summed E-state index contributed by atoms with van der Waals surface area (Å²) >= 11 is 0. The largest absolute Gasteiger partial charge is 0.495 e. The lowest BCUT2D eigenvalue weighted by Crippen LogP contribution is -2.31. The fourth-order valence-corrected chi connectivity index (χ4v) is 4.15. The molecular weight excluding hydrogens is 366 g/mol. The second-order valence-corrected chi connectivity index (χ2v) is 8.89. The van der Waals surface area contributed by atoms with Gasteiger partial charge in [0.1, 0.15) is 10.6 Å². The van der Waals surface area contributed by atoms with Crippen LogP contribution in [0.15, 0.2) is 52.3 Å². The summed E-state index contributed by atoms with van der Waals surface area (Å²) < 4.78 is 55.5. The molecule has 0 aliphatic heterocycles. The number of nitrogens with zero attached hydrogens (tertiary/aromatic N) is 1. The zero-order valence-corrected chi connectivity index (χ0v) is 15.6. The van der Waals surface area contributed by atoms with Gasteiger partial charge in [-0.2, -0.15) is 0 Å². The third-order valence-corrected chi connectivity index (χ3v) is 6.64. The van der Waals surface area contributed by atoms with Crippen molar-refractivity contribution in [1.82, 2.24) is 4.83 Å². The Hall–Kier alpha value is -2.14. The molecule has 0 aliphatic rings. The highest BCUT2D eigenvalue weighted by Gasteiger charge is 2.25. The van der Waals surface area contributed by atoms with E-state index < -0.39 is 20.0 Å². The van der Waals surface area contributed by atoms with Gasteiger partial charge in [-0.15, -0.1) is 4.83 Å². The smallest absolute Gasteiger partial charge is 0.264 e. The van der Waals surface area contributed by atoms with Crippen LogP contribution in [-0.4, -0.2) is 31.0 Å². The first-order valence-corrected chi connectivity index (χ1v) is 10.0. The van der Waals surface area contributed by atoms with Crippen molar-refractivity contribution in [3.8, 4) is 5.75 Å². The standard InChI is InChI=1S/C15H19N3O5S2/c1-11-4-7-13(8-5-11)25(21,22)18(2)12-6-9-14(23-3)15(10-12)24(19,20)17-16/h4-10,17H,16H2,1-3H3. The van der Waals surface area contributed by atoms with Gasteiger partial charge in [-0.25, -0.2) is 16.8 Å². The molecule has 0 amide bonds. The van der Waals surface area contributed by atoms with Crippen LogP contribution in [0.25, 0.3) is 0 Å². The van der Waals surface area contributed by atoms with Crippen molar-refractivity contribution in [2.45, 2.75) is 16.7 Å². The maximum absolute atomic E-state index is 12.7. The van der Waals surface area contributed by atoms with E-state index in [1.807, 2.05) is 6.92 Å². The normalized spacial score (nSPS) is 12.0. The molecule has 136 valence electrons. The fraction of sp³-hybridized carbons (Fsp3) is 0.200. The molecule has 0 saturated heterocycles. The zero-order chi connectivity index (χ0) is 18.8. The van der Waals surface area contributed by atoms with Crippen LogP contribution >= 0.6 is 0 Å². The van der Waals surface area contributed by atoms with Crippen molar-refractivity contribution in [3.05, 3.63) is 48.0 Å². The molecule has 0 fully saturated rings. The van der Waals surface area contributed by atoms with Gasteiger partial charge in [-0.05, 0) is 37.3 Å². The SMILES string of the molecule is COc1ccc(N(C)S(=O)(=O)c2ccc(C)cc2)cc1S(=O)(=O)NN. The lowest BCUT2D eigenvalue weighted by molar-refractivity contribution is 0.402. The van der Waals surface area contributed by atoms with Gasteiger partial charge in [0.25, 0.3) is 20.0 Å². The number of sulfonamides is 2. The summed E-state index contributed by atoms with van der Waals surface area (Å²) in [6.07, 6.45) is 0. The van der Waals surface area contributed by atoms with Crippen LogP contribution in [0, 0.1) is 6.92 Å². The van der Waals surface area contributed by atoms with Gasteiger partial charge in [-0.3, -0.25) is 10.1 Å². The van der Waals surface area contributed by atoms with E-state index in [0.717, 1.165) is 9.87 Å². The first kappa shape index (κ1) is 19.2. The van der Waals surface area contributed by atoms with E-state index in [4.69, 9.17) is 10.6 Å².